The molecule has 2 amide bonds. The van der Waals surface area contributed by atoms with E-state index in [4.69, 9.17) is 4.74 Å². The van der Waals surface area contributed by atoms with Gasteiger partial charge in [-0.3, -0.25) is 4.90 Å². The highest BCUT2D eigenvalue weighted by Crippen LogP contribution is 2.22. The lowest BCUT2D eigenvalue weighted by Crippen LogP contribution is -2.50. The molecule has 30 heavy (non-hydrogen) atoms. The molecule has 2 fully saturated rings. The number of aromatic nitrogens is 1. The molecule has 2 aromatic rings. The number of hydrogen-bond acceptors (Lipinski definition) is 4. The molecule has 1 aliphatic carbocycles. The van der Waals surface area contributed by atoms with E-state index in [9.17, 15) is 4.79 Å². The Morgan fingerprint density at radius 3 is 2.63 bits per heavy atom. The molecule has 1 aliphatic heterocycles. The number of nitrogens with one attached hydrogen (secondary N) is 2. The van der Waals surface area contributed by atoms with Crippen molar-refractivity contribution in [1.29, 1.82) is 0 Å². The van der Waals surface area contributed by atoms with Gasteiger partial charge in [0.1, 0.15) is 6.10 Å². The monoisotopic (exact) mass is 408 g/mol. The Bertz CT molecular complexity index is 791. The first-order valence-corrected chi connectivity index (χ1v) is 11.2. The van der Waals surface area contributed by atoms with Crippen LogP contribution in [0, 0.1) is 0 Å². The van der Waals surface area contributed by atoms with Gasteiger partial charge in [0.2, 0.25) is 5.88 Å². The van der Waals surface area contributed by atoms with Gasteiger partial charge in [-0.1, -0.05) is 36.4 Å². The second-order valence-corrected chi connectivity index (χ2v) is 8.42. The van der Waals surface area contributed by atoms with Crippen LogP contribution in [0.5, 0.6) is 5.88 Å². The summed E-state index contributed by atoms with van der Waals surface area (Å²) in [4.78, 5) is 19.2. The van der Waals surface area contributed by atoms with Crippen LogP contribution < -0.4 is 15.4 Å². The van der Waals surface area contributed by atoms with Crippen LogP contribution in [0.3, 0.4) is 0 Å². The molecule has 1 unspecified atom stereocenters. The first kappa shape index (κ1) is 20.7. The van der Waals surface area contributed by atoms with Gasteiger partial charge in [0.15, 0.2) is 0 Å². The molecule has 1 saturated carbocycles. The zero-order chi connectivity index (χ0) is 20.6. The van der Waals surface area contributed by atoms with Crippen molar-refractivity contribution in [1.82, 2.24) is 20.5 Å². The third-order valence-electron chi connectivity index (χ3n) is 5.93. The van der Waals surface area contributed by atoms with E-state index in [2.05, 4.69) is 44.8 Å². The van der Waals surface area contributed by atoms with Gasteiger partial charge in [-0.05, 0) is 56.2 Å². The molecule has 6 nitrogen and oxygen atoms in total. The first-order valence-electron chi connectivity index (χ1n) is 11.2. The van der Waals surface area contributed by atoms with Crippen molar-refractivity contribution in [3.8, 4) is 5.88 Å². The standard InChI is InChI=1S/C24H32N4O2/c29-24(26-16-20-12-13-23(25-15-20)30-22-10-4-5-11-22)27-21-9-6-14-28(18-21)17-19-7-2-1-3-8-19/h1-3,7-8,12-13,15,21-22H,4-6,9-11,14,16-18H2,(H2,26,27,29). The van der Waals surface area contributed by atoms with Crippen LogP contribution in [-0.2, 0) is 13.1 Å². The van der Waals surface area contributed by atoms with Gasteiger partial charge >= 0.3 is 6.03 Å². The number of rotatable bonds is 7. The van der Waals surface area contributed by atoms with E-state index in [1.165, 1.54) is 18.4 Å². The summed E-state index contributed by atoms with van der Waals surface area (Å²) in [6, 6.07) is 14.4. The summed E-state index contributed by atoms with van der Waals surface area (Å²) in [7, 11) is 0. The van der Waals surface area contributed by atoms with E-state index in [1.807, 2.05) is 18.2 Å². The summed E-state index contributed by atoms with van der Waals surface area (Å²) in [6.45, 7) is 3.36. The summed E-state index contributed by atoms with van der Waals surface area (Å²) < 4.78 is 5.89. The summed E-state index contributed by atoms with van der Waals surface area (Å²) in [6.07, 6.45) is 8.94. The lowest BCUT2D eigenvalue weighted by molar-refractivity contribution is 0.180. The molecule has 2 aliphatic rings. The van der Waals surface area contributed by atoms with Crippen LogP contribution in [0.25, 0.3) is 0 Å². The van der Waals surface area contributed by atoms with E-state index in [0.717, 1.165) is 50.9 Å². The molecule has 0 radical (unpaired) electrons. The maximum atomic E-state index is 12.4. The number of piperidine rings is 1. The van der Waals surface area contributed by atoms with Gasteiger partial charge in [-0.2, -0.15) is 0 Å². The quantitative estimate of drug-likeness (QED) is 0.730. The summed E-state index contributed by atoms with van der Waals surface area (Å²) in [5.74, 6) is 0.677. The SMILES string of the molecule is O=C(NCc1ccc(OC2CCCC2)nc1)NC1CCCN(Cc2ccccc2)C1. The van der Waals surface area contributed by atoms with Crippen molar-refractivity contribution in [2.75, 3.05) is 13.1 Å². The number of pyridine rings is 1. The topological polar surface area (TPSA) is 66.5 Å². The molecule has 2 heterocycles. The van der Waals surface area contributed by atoms with Gasteiger partial charge in [0.25, 0.3) is 0 Å². The minimum Gasteiger partial charge on any atom is -0.474 e. The summed E-state index contributed by atoms with van der Waals surface area (Å²) in [5, 5.41) is 6.08. The molecule has 1 atom stereocenters. The molecular weight excluding hydrogens is 376 g/mol. The van der Waals surface area contributed by atoms with Crippen LogP contribution in [0.4, 0.5) is 4.79 Å². The second-order valence-electron chi connectivity index (χ2n) is 8.42. The first-order chi connectivity index (χ1) is 14.7. The molecule has 1 saturated heterocycles. The number of carbonyl (C=O) groups is 1. The Hall–Kier alpha value is -2.60. The maximum absolute atomic E-state index is 12.4. The Morgan fingerprint density at radius 2 is 1.87 bits per heavy atom. The highest BCUT2D eigenvalue weighted by molar-refractivity contribution is 5.74. The minimum atomic E-state index is -0.118. The van der Waals surface area contributed by atoms with E-state index < -0.39 is 0 Å². The van der Waals surface area contributed by atoms with Gasteiger partial charge < -0.3 is 15.4 Å². The number of ether oxygens (including phenoxy) is 1. The summed E-state index contributed by atoms with van der Waals surface area (Å²) >= 11 is 0. The molecular formula is C24H32N4O2. The van der Waals surface area contributed by atoms with Gasteiger partial charge in [-0.25, -0.2) is 9.78 Å². The van der Waals surface area contributed by atoms with Crippen LogP contribution in [-0.4, -0.2) is 41.2 Å². The van der Waals surface area contributed by atoms with Gasteiger partial charge in [-0.15, -0.1) is 0 Å². The number of benzene rings is 1. The van der Waals surface area contributed by atoms with Crippen molar-refractivity contribution < 1.29 is 9.53 Å². The molecule has 4 rings (SSSR count). The Labute approximate surface area is 179 Å². The molecule has 160 valence electrons. The van der Waals surface area contributed by atoms with Crippen LogP contribution >= 0.6 is 0 Å². The van der Waals surface area contributed by atoms with E-state index in [1.54, 1.807) is 6.20 Å². The van der Waals surface area contributed by atoms with Crippen molar-refractivity contribution in [2.24, 2.45) is 0 Å². The molecule has 1 aromatic carbocycles. The fourth-order valence-electron chi connectivity index (χ4n) is 4.34. The fourth-order valence-corrected chi connectivity index (χ4v) is 4.34. The highest BCUT2D eigenvalue weighted by atomic mass is 16.5. The average Bonchev–Trinajstić information content (AvgIpc) is 3.27. The third kappa shape index (κ3) is 6.20. The van der Waals surface area contributed by atoms with Crippen LogP contribution in [0.2, 0.25) is 0 Å². The largest absolute Gasteiger partial charge is 0.474 e. The number of hydrogen-bond donors (Lipinski definition) is 2. The maximum Gasteiger partial charge on any atom is 0.315 e. The highest BCUT2D eigenvalue weighted by Gasteiger charge is 2.21. The van der Waals surface area contributed by atoms with E-state index in [-0.39, 0.29) is 12.1 Å². The smallest absolute Gasteiger partial charge is 0.315 e. The van der Waals surface area contributed by atoms with Gasteiger partial charge in [0, 0.05) is 37.9 Å². The van der Waals surface area contributed by atoms with Crippen molar-refractivity contribution in [3.63, 3.8) is 0 Å². The predicted octanol–water partition coefficient (Wildman–Crippen LogP) is 3.87. The lowest BCUT2D eigenvalue weighted by atomic mass is 10.0. The number of nitrogens with zero attached hydrogens (tertiary/aromatic N) is 2. The third-order valence-corrected chi connectivity index (χ3v) is 5.93. The fraction of sp³-hybridized carbons (Fsp3) is 0.500. The predicted molar refractivity (Wildman–Crippen MR) is 117 cm³/mol. The zero-order valence-electron chi connectivity index (χ0n) is 17.6. The number of likely N-dealkylation sites (tertiary alicyclic amines) is 1. The van der Waals surface area contributed by atoms with Gasteiger partial charge in [0.05, 0.1) is 0 Å². The molecule has 1 aromatic heterocycles. The number of urea groups is 1. The van der Waals surface area contributed by atoms with Crippen LogP contribution in [0.15, 0.2) is 48.7 Å². The number of carbonyl (C=O) groups excluding carboxylic acids is 1. The molecule has 0 bridgehead atoms. The number of amides is 2. The lowest BCUT2D eigenvalue weighted by Gasteiger charge is -2.33. The minimum absolute atomic E-state index is 0.118. The van der Waals surface area contributed by atoms with Crippen molar-refractivity contribution >= 4 is 6.03 Å². The Balaban J connectivity index is 1.18. The average molecular weight is 409 g/mol. The van der Waals surface area contributed by atoms with Crippen molar-refractivity contribution in [2.45, 2.75) is 63.8 Å². The van der Waals surface area contributed by atoms with E-state index in [0.29, 0.717) is 18.5 Å². The zero-order valence-corrected chi connectivity index (χ0v) is 17.6. The second kappa shape index (κ2) is 10.4. The molecule has 0 spiro atoms. The molecule has 6 heteroatoms. The summed E-state index contributed by atoms with van der Waals surface area (Å²) in [5.41, 5.74) is 2.29. The van der Waals surface area contributed by atoms with E-state index >= 15 is 0 Å². The molecule has 2 N–H and O–H groups in total. The normalized spacial score (nSPS) is 20.1. The Kier molecular flexibility index (Phi) is 7.19. The Morgan fingerprint density at radius 1 is 1.03 bits per heavy atom. The van der Waals surface area contributed by atoms with Crippen LogP contribution in [0.1, 0.15) is 49.7 Å². The van der Waals surface area contributed by atoms with Crippen molar-refractivity contribution in [3.05, 3.63) is 59.8 Å².